The molecule has 0 radical (unpaired) electrons. The van der Waals surface area contributed by atoms with Crippen LogP contribution in [0.2, 0.25) is 0 Å². The largest absolute Gasteiger partial charge is 0.350 e. The van der Waals surface area contributed by atoms with Crippen molar-refractivity contribution in [1.29, 1.82) is 5.26 Å². The summed E-state index contributed by atoms with van der Waals surface area (Å²) in [6.07, 6.45) is 0. The maximum absolute atomic E-state index is 12.9. The van der Waals surface area contributed by atoms with Crippen LogP contribution in [0.1, 0.15) is 48.4 Å². The number of carbonyl (C=O) groups excluding carboxylic acids is 1. The van der Waals surface area contributed by atoms with Crippen molar-refractivity contribution < 1.29 is 4.79 Å². The first-order chi connectivity index (χ1) is 11.7. The van der Waals surface area contributed by atoms with Gasteiger partial charge in [-0.2, -0.15) is 5.26 Å². The Bertz CT molecular complexity index is 804. The zero-order chi connectivity index (χ0) is 18.6. The molecule has 25 heavy (non-hydrogen) atoms. The highest BCUT2D eigenvalue weighted by atomic mass is 32.2. The zero-order valence-electron chi connectivity index (χ0n) is 15.3. The van der Waals surface area contributed by atoms with Gasteiger partial charge in [0.2, 0.25) is 5.91 Å². The lowest BCUT2D eigenvalue weighted by atomic mass is 10.1. The fourth-order valence-corrected chi connectivity index (χ4v) is 3.67. The van der Waals surface area contributed by atoms with Crippen LogP contribution in [0.4, 0.5) is 0 Å². The highest BCUT2D eigenvalue weighted by Gasteiger charge is 2.27. The van der Waals surface area contributed by atoms with Gasteiger partial charge in [-0.05, 0) is 51.8 Å². The van der Waals surface area contributed by atoms with Gasteiger partial charge in [0.05, 0.1) is 5.56 Å². The lowest BCUT2D eigenvalue weighted by molar-refractivity contribution is -0.122. The molecular weight excluding hydrogens is 330 g/mol. The molecule has 0 fully saturated rings. The topological polar surface area (TPSA) is 65.8 Å². The monoisotopic (exact) mass is 353 g/mol. The number of pyridine rings is 1. The number of amides is 1. The molecule has 1 amide bonds. The molecule has 2 rings (SSSR count). The first-order valence-electron chi connectivity index (χ1n) is 8.13. The van der Waals surface area contributed by atoms with Crippen molar-refractivity contribution in [3.8, 4) is 6.07 Å². The summed E-state index contributed by atoms with van der Waals surface area (Å²) in [6, 6.07) is 13.7. The quantitative estimate of drug-likeness (QED) is 0.832. The van der Waals surface area contributed by atoms with Crippen molar-refractivity contribution in [1.82, 2.24) is 10.3 Å². The molecular formula is C20H23N3OS. The summed E-state index contributed by atoms with van der Waals surface area (Å²) >= 11 is 1.32. The number of thioether (sulfide) groups is 1. The van der Waals surface area contributed by atoms with Crippen LogP contribution >= 0.6 is 11.8 Å². The second-order valence-electron chi connectivity index (χ2n) is 7.02. The van der Waals surface area contributed by atoms with Crippen LogP contribution < -0.4 is 5.32 Å². The van der Waals surface area contributed by atoms with Gasteiger partial charge in [-0.1, -0.05) is 42.1 Å². The van der Waals surface area contributed by atoms with Crippen molar-refractivity contribution in [2.24, 2.45) is 0 Å². The third kappa shape index (κ3) is 5.07. The fourth-order valence-electron chi connectivity index (χ4n) is 2.47. The molecule has 2 aromatic rings. The number of hydrogen-bond acceptors (Lipinski definition) is 4. The number of rotatable bonds is 4. The minimum Gasteiger partial charge on any atom is -0.350 e. The average molecular weight is 353 g/mol. The first-order valence-corrected chi connectivity index (χ1v) is 9.01. The zero-order valence-corrected chi connectivity index (χ0v) is 16.1. The number of nitrogens with one attached hydrogen (secondary N) is 1. The van der Waals surface area contributed by atoms with Crippen molar-refractivity contribution >= 4 is 17.7 Å². The molecule has 4 nitrogen and oxygen atoms in total. The van der Waals surface area contributed by atoms with Crippen LogP contribution in [0.5, 0.6) is 0 Å². The Morgan fingerprint density at radius 2 is 1.88 bits per heavy atom. The number of nitrogens with zero attached hydrogens (tertiary/aromatic N) is 2. The second kappa shape index (κ2) is 7.71. The summed E-state index contributed by atoms with van der Waals surface area (Å²) in [6.45, 7) is 9.64. The molecule has 1 heterocycles. The molecule has 0 bridgehead atoms. The minimum atomic E-state index is -0.471. The second-order valence-corrected chi connectivity index (χ2v) is 8.11. The first kappa shape index (κ1) is 19.0. The van der Waals surface area contributed by atoms with Crippen molar-refractivity contribution in [2.75, 3.05) is 0 Å². The molecule has 0 aliphatic rings. The van der Waals surface area contributed by atoms with Gasteiger partial charge in [0, 0.05) is 11.2 Å². The minimum absolute atomic E-state index is 0.0893. The molecule has 0 spiro atoms. The summed E-state index contributed by atoms with van der Waals surface area (Å²) in [5, 5.41) is 12.7. The van der Waals surface area contributed by atoms with Crippen molar-refractivity contribution in [3.63, 3.8) is 0 Å². The van der Waals surface area contributed by atoms with Gasteiger partial charge in [-0.25, -0.2) is 4.98 Å². The fraction of sp³-hybridized carbons (Fsp3) is 0.350. The van der Waals surface area contributed by atoms with Gasteiger partial charge in [-0.15, -0.1) is 0 Å². The van der Waals surface area contributed by atoms with Crippen LogP contribution in [0.15, 0.2) is 41.4 Å². The molecule has 0 unspecified atom stereocenters. The van der Waals surface area contributed by atoms with E-state index in [0.29, 0.717) is 10.6 Å². The molecule has 0 aliphatic carbocycles. The van der Waals surface area contributed by atoms with Gasteiger partial charge in [0.15, 0.2) is 0 Å². The molecule has 5 heteroatoms. The normalized spacial score (nSPS) is 12.3. The summed E-state index contributed by atoms with van der Waals surface area (Å²) in [4.78, 5) is 17.4. The van der Waals surface area contributed by atoms with Crippen LogP contribution in [0.3, 0.4) is 0 Å². The summed E-state index contributed by atoms with van der Waals surface area (Å²) in [7, 11) is 0. The molecule has 1 aromatic carbocycles. The van der Waals surface area contributed by atoms with Crippen molar-refractivity contribution in [2.45, 2.75) is 50.4 Å². The number of hydrogen-bond donors (Lipinski definition) is 1. The Labute approximate surface area is 153 Å². The molecule has 1 N–H and O–H groups in total. The predicted octanol–water partition coefficient (Wildman–Crippen LogP) is 4.32. The van der Waals surface area contributed by atoms with Crippen molar-refractivity contribution in [3.05, 3.63) is 58.8 Å². The average Bonchev–Trinajstić information content (AvgIpc) is 2.51. The van der Waals surface area contributed by atoms with Crippen LogP contribution in [-0.4, -0.2) is 16.4 Å². The number of aryl methyl sites for hydroxylation is 2. The van der Waals surface area contributed by atoms with E-state index < -0.39 is 5.25 Å². The maximum Gasteiger partial charge on any atom is 0.238 e. The van der Waals surface area contributed by atoms with Gasteiger partial charge < -0.3 is 5.32 Å². The van der Waals surface area contributed by atoms with E-state index in [2.05, 4.69) is 16.4 Å². The predicted molar refractivity (Wildman–Crippen MR) is 101 cm³/mol. The highest BCUT2D eigenvalue weighted by molar-refractivity contribution is 8.00. The van der Waals surface area contributed by atoms with E-state index in [9.17, 15) is 10.1 Å². The van der Waals surface area contributed by atoms with Gasteiger partial charge in [-0.3, -0.25) is 4.79 Å². The Balaban J connectivity index is 2.45. The molecule has 0 saturated carbocycles. The number of carbonyl (C=O) groups is 1. The van der Waals surface area contributed by atoms with Crippen LogP contribution in [-0.2, 0) is 4.79 Å². The van der Waals surface area contributed by atoms with E-state index in [-0.39, 0.29) is 11.4 Å². The SMILES string of the molecule is Cc1cc(C)c(C#N)c(S[C@H](C(=O)NC(C)(C)C)c2ccccc2)n1. The number of benzene rings is 1. The standard InChI is InChI=1S/C20H23N3OS/c1-13-11-14(2)22-19(16(13)12-21)25-17(15-9-7-6-8-10-15)18(24)23-20(3,4)5/h6-11,17H,1-5H3,(H,23,24)/t17-/m0/s1. The van der Waals surface area contributed by atoms with E-state index in [1.807, 2.05) is 71.0 Å². The van der Waals surface area contributed by atoms with Gasteiger partial charge >= 0.3 is 0 Å². The maximum atomic E-state index is 12.9. The number of aromatic nitrogens is 1. The molecule has 0 saturated heterocycles. The third-order valence-corrected chi connectivity index (χ3v) is 4.73. The summed E-state index contributed by atoms with van der Waals surface area (Å²) in [5.74, 6) is -0.0893. The molecule has 0 aliphatic heterocycles. The van der Waals surface area contributed by atoms with Gasteiger partial charge in [0.1, 0.15) is 16.3 Å². The Morgan fingerprint density at radius 3 is 2.44 bits per heavy atom. The lowest BCUT2D eigenvalue weighted by Gasteiger charge is -2.25. The molecule has 1 aromatic heterocycles. The van der Waals surface area contributed by atoms with E-state index in [1.165, 1.54) is 11.8 Å². The lowest BCUT2D eigenvalue weighted by Crippen LogP contribution is -2.42. The van der Waals surface area contributed by atoms with Crippen LogP contribution in [0.25, 0.3) is 0 Å². The smallest absolute Gasteiger partial charge is 0.238 e. The number of nitriles is 1. The van der Waals surface area contributed by atoms with E-state index in [4.69, 9.17) is 0 Å². The van der Waals surface area contributed by atoms with E-state index in [0.717, 1.165) is 16.8 Å². The molecule has 130 valence electrons. The highest BCUT2D eigenvalue weighted by Crippen LogP contribution is 2.37. The Hall–Kier alpha value is -2.32. The summed E-state index contributed by atoms with van der Waals surface area (Å²) in [5.41, 5.74) is 2.79. The third-order valence-electron chi connectivity index (χ3n) is 3.49. The van der Waals surface area contributed by atoms with Gasteiger partial charge in [0.25, 0.3) is 0 Å². The van der Waals surface area contributed by atoms with E-state index >= 15 is 0 Å². The Morgan fingerprint density at radius 1 is 1.24 bits per heavy atom. The van der Waals surface area contributed by atoms with Crippen LogP contribution in [0, 0.1) is 25.2 Å². The van der Waals surface area contributed by atoms with E-state index in [1.54, 1.807) is 0 Å². The Kier molecular flexibility index (Phi) is 5.86. The molecule has 1 atom stereocenters. The summed E-state index contributed by atoms with van der Waals surface area (Å²) < 4.78 is 0.